The molecule has 1 atom stereocenters. The highest BCUT2D eigenvalue weighted by molar-refractivity contribution is 5.89. The molecule has 2 amide bonds. The molecule has 25 heavy (non-hydrogen) atoms. The Morgan fingerprint density at radius 3 is 2.60 bits per heavy atom. The number of hydrogen-bond donors (Lipinski definition) is 1. The predicted octanol–water partition coefficient (Wildman–Crippen LogP) is 4.98. The van der Waals surface area contributed by atoms with Crippen molar-refractivity contribution in [1.29, 1.82) is 0 Å². The van der Waals surface area contributed by atoms with Crippen molar-refractivity contribution >= 4 is 11.7 Å². The second-order valence-electron chi connectivity index (χ2n) is 6.28. The second-order valence-corrected chi connectivity index (χ2v) is 6.28. The van der Waals surface area contributed by atoms with Crippen molar-refractivity contribution in [3.8, 4) is 5.69 Å². The number of amides is 2. The number of nitrogens with one attached hydrogen (secondary N) is 1. The Kier molecular flexibility index (Phi) is 4.02. The number of para-hydroxylation sites is 2. The fraction of sp³-hybridized carbons (Fsp3) is 0.190. The van der Waals surface area contributed by atoms with Crippen LogP contribution in [-0.4, -0.2) is 15.5 Å². The number of carbonyl (C=O) groups is 1. The van der Waals surface area contributed by atoms with Gasteiger partial charge in [0.1, 0.15) is 0 Å². The maximum Gasteiger partial charge on any atom is 0.322 e. The second kappa shape index (κ2) is 6.48. The Labute approximate surface area is 147 Å². The molecule has 0 unspecified atom stereocenters. The van der Waals surface area contributed by atoms with Crippen LogP contribution in [0.25, 0.3) is 5.69 Å². The molecule has 0 bridgehead atoms. The molecule has 1 aliphatic heterocycles. The number of fused-ring (bicyclic) bond motifs is 3. The third kappa shape index (κ3) is 2.80. The van der Waals surface area contributed by atoms with Gasteiger partial charge in [-0.1, -0.05) is 43.3 Å². The van der Waals surface area contributed by atoms with Gasteiger partial charge in [0.2, 0.25) is 0 Å². The number of rotatable bonds is 2. The first-order valence-corrected chi connectivity index (χ1v) is 8.66. The van der Waals surface area contributed by atoms with Gasteiger partial charge >= 0.3 is 6.03 Å². The molecule has 1 aliphatic rings. The van der Waals surface area contributed by atoms with Crippen LogP contribution in [0.1, 0.15) is 30.6 Å². The van der Waals surface area contributed by atoms with E-state index < -0.39 is 0 Å². The maximum atomic E-state index is 13.0. The van der Waals surface area contributed by atoms with Crippen molar-refractivity contribution in [3.05, 3.63) is 84.2 Å². The van der Waals surface area contributed by atoms with Crippen molar-refractivity contribution in [1.82, 2.24) is 9.47 Å². The van der Waals surface area contributed by atoms with Crippen LogP contribution in [0.4, 0.5) is 10.5 Å². The number of benzene rings is 2. The highest BCUT2D eigenvalue weighted by atomic mass is 16.2. The topological polar surface area (TPSA) is 37.3 Å². The first-order valence-electron chi connectivity index (χ1n) is 8.66. The van der Waals surface area contributed by atoms with Gasteiger partial charge in [-0.3, -0.25) is 0 Å². The molecule has 0 saturated carbocycles. The highest BCUT2D eigenvalue weighted by Gasteiger charge is 2.30. The molecule has 2 aromatic carbocycles. The van der Waals surface area contributed by atoms with E-state index in [9.17, 15) is 4.79 Å². The van der Waals surface area contributed by atoms with Gasteiger partial charge in [0.15, 0.2) is 0 Å². The van der Waals surface area contributed by atoms with Crippen LogP contribution in [0.2, 0.25) is 0 Å². The summed E-state index contributed by atoms with van der Waals surface area (Å²) in [5.41, 5.74) is 4.26. The monoisotopic (exact) mass is 331 g/mol. The number of hydrogen-bond acceptors (Lipinski definition) is 1. The zero-order valence-corrected chi connectivity index (χ0v) is 14.2. The largest absolute Gasteiger partial charge is 0.322 e. The number of aromatic nitrogens is 1. The van der Waals surface area contributed by atoms with Gasteiger partial charge in [0.05, 0.1) is 18.3 Å². The summed E-state index contributed by atoms with van der Waals surface area (Å²) in [5.74, 6) is 0. The number of nitrogens with zero attached hydrogens (tertiary/aromatic N) is 2. The first kappa shape index (κ1) is 15.5. The summed E-state index contributed by atoms with van der Waals surface area (Å²) in [5, 5.41) is 3.04. The molecule has 4 heteroatoms. The molecular formula is C21H21N3O. The van der Waals surface area contributed by atoms with Crippen LogP contribution in [0.15, 0.2) is 72.9 Å². The zero-order valence-electron chi connectivity index (χ0n) is 14.2. The fourth-order valence-electron chi connectivity index (χ4n) is 3.58. The Morgan fingerprint density at radius 1 is 1.04 bits per heavy atom. The molecule has 0 radical (unpaired) electrons. The van der Waals surface area contributed by atoms with Gasteiger partial charge in [-0.15, -0.1) is 0 Å². The van der Waals surface area contributed by atoms with Crippen LogP contribution in [-0.2, 0) is 6.54 Å². The van der Waals surface area contributed by atoms with Crippen LogP contribution in [0.5, 0.6) is 0 Å². The van der Waals surface area contributed by atoms with Gasteiger partial charge in [0, 0.05) is 17.6 Å². The van der Waals surface area contributed by atoms with Gasteiger partial charge < -0.3 is 14.8 Å². The van der Waals surface area contributed by atoms with E-state index in [-0.39, 0.29) is 12.1 Å². The van der Waals surface area contributed by atoms with Crippen molar-refractivity contribution in [2.24, 2.45) is 0 Å². The van der Waals surface area contributed by atoms with E-state index in [2.05, 4.69) is 41.2 Å². The Bertz CT molecular complexity index is 885. The lowest BCUT2D eigenvalue weighted by Crippen LogP contribution is -2.37. The van der Waals surface area contributed by atoms with E-state index in [4.69, 9.17) is 0 Å². The SMILES string of the molecule is CC[C@H]1c2cccn2-c2ccccc2CN1C(=O)Nc1ccccc1. The smallest absolute Gasteiger partial charge is 0.318 e. The van der Waals surface area contributed by atoms with Gasteiger partial charge in [-0.25, -0.2) is 4.79 Å². The summed E-state index contributed by atoms with van der Waals surface area (Å²) in [6.07, 6.45) is 2.94. The molecule has 4 nitrogen and oxygen atoms in total. The zero-order chi connectivity index (χ0) is 17.2. The van der Waals surface area contributed by atoms with E-state index in [1.54, 1.807) is 0 Å². The molecule has 0 aliphatic carbocycles. The minimum atomic E-state index is -0.0671. The standard InChI is InChI=1S/C21H21N3O/c1-2-18-20-13-8-14-23(20)19-12-7-6-9-16(19)15-24(18)21(25)22-17-10-4-3-5-11-17/h3-14,18H,2,15H2,1H3,(H,22,25)/t18-/m0/s1. The van der Waals surface area contributed by atoms with E-state index in [0.29, 0.717) is 6.54 Å². The molecule has 0 saturated heterocycles. The van der Waals surface area contributed by atoms with E-state index in [0.717, 1.165) is 29.1 Å². The molecule has 4 rings (SSSR count). The molecule has 2 heterocycles. The maximum absolute atomic E-state index is 13.0. The fourth-order valence-corrected chi connectivity index (χ4v) is 3.58. The summed E-state index contributed by atoms with van der Waals surface area (Å²) < 4.78 is 2.21. The van der Waals surface area contributed by atoms with E-state index in [1.165, 1.54) is 0 Å². The Balaban J connectivity index is 1.74. The van der Waals surface area contributed by atoms with Crippen molar-refractivity contribution in [2.75, 3.05) is 5.32 Å². The Hall–Kier alpha value is -3.01. The summed E-state index contributed by atoms with van der Waals surface area (Å²) in [7, 11) is 0. The minimum Gasteiger partial charge on any atom is -0.318 e. The van der Waals surface area contributed by atoms with Gasteiger partial charge in [-0.2, -0.15) is 0 Å². The van der Waals surface area contributed by atoms with Crippen LogP contribution in [0.3, 0.4) is 0 Å². The van der Waals surface area contributed by atoms with Crippen molar-refractivity contribution in [2.45, 2.75) is 25.9 Å². The minimum absolute atomic E-state index is 0.0334. The number of carbonyl (C=O) groups excluding carboxylic acids is 1. The normalized spacial score (nSPS) is 15.9. The lowest BCUT2D eigenvalue weighted by atomic mass is 10.1. The molecule has 3 aromatic rings. The lowest BCUT2D eigenvalue weighted by Gasteiger charge is -2.29. The summed E-state index contributed by atoms with van der Waals surface area (Å²) in [6, 6.07) is 22.0. The summed E-state index contributed by atoms with van der Waals surface area (Å²) in [6.45, 7) is 2.72. The van der Waals surface area contributed by atoms with Gasteiger partial charge in [-0.05, 0) is 42.3 Å². The van der Waals surface area contributed by atoms with Crippen molar-refractivity contribution in [3.63, 3.8) is 0 Å². The van der Waals surface area contributed by atoms with Crippen LogP contribution >= 0.6 is 0 Å². The molecule has 1 N–H and O–H groups in total. The predicted molar refractivity (Wildman–Crippen MR) is 99.8 cm³/mol. The number of urea groups is 1. The van der Waals surface area contributed by atoms with Crippen molar-refractivity contribution < 1.29 is 4.79 Å². The highest BCUT2D eigenvalue weighted by Crippen LogP contribution is 2.34. The molecule has 126 valence electrons. The van der Waals surface area contributed by atoms with E-state index >= 15 is 0 Å². The third-order valence-corrected chi connectivity index (χ3v) is 4.76. The summed E-state index contributed by atoms with van der Waals surface area (Å²) >= 11 is 0. The van der Waals surface area contributed by atoms with Crippen LogP contribution < -0.4 is 5.32 Å². The molecule has 0 spiro atoms. The van der Waals surface area contributed by atoms with Gasteiger partial charge in [0.25, 0.3) is 0 Å². The number of anilines is 1. The Morgan fingerprint density at radius 2 is 1.80 bits per heavy atom. The molecule has 0 fully saturated rings. The quantitative estimate of drug-likeness (QED) is 0.707. The van der Waals surface area contributed by atoms with E-state index in [1.807, 2.05) is 53.4 Å². The first-order chi connectivity index (χ1) is 12.3. The average molecular weight is 331 g/mol. The average Bonchev–Trinajstić information content (AvgIpc) is 3.07. The van der Waals surface area contributed by atoms with Crippen LogP contribution in [0, 0.1) is 0 Å². The molecule has 1 aromatic heterocycles. The summed E-state index contributed by atoms with van der Waals surface area (Å²) in [4.78, 5) is 15.0. The molecular weight excluding hydrogens is 310 g/mol. The lowest BCUT2D eigenvalue weighted by molar-refractivity contribution is 0.181. The third-order valence-electron chi connectivity index (χ3n) is 4.76.